The maximum absolute atomic E-state index is 11.1. The normalized spacial score (nSPS) is 25.1. The van der Waals surface area contributed by atoms with E-state index in [1.165, 1.54) is 12.0 Å². The Morgan fingerprint density at radius 3 is 3.43 bits per heavy atom. The molecule has 0 saturated carbocycles. The topological polar surface area (TPSA) is 43.1 Å². The maximum Gasteiger partial charge on any atom is 0.315 e. The molecule has 0 aromatic heterocycles. The van der Waals surface area contributed by atoms with Gasteiger partial charge in [-0.1, -0.05) is 0 Å². The largest absolute Gasteiger partial charge is 0.469 e. The van der Waals surface area contributed by atoms with Crippen LogP contribution in [0.4, 0.5) is 0 Å². The van der Waals surface area contributed by atoms with Gasteiger partial charge < -0.3 is 4.74 Å². The zero-order valence-electron chi connectivity index (χ0n) is 8.08. The summed E-state index contributed by atoms with van der Waals surface area (Å²) in [5.41, 5.74) is 1.10. The molecular formula is C9H13N2O2S+. The number of nitrogens with zero attached hydrogens (tertiary/aromatic N) is 1. The molecule has 2 heterocycles. The van der Waals surface area contributed by atoms with Crippen LogP contribution in [-0.2, 0) is 9.53 Å². The molecule has 5 heteroatoms. The third-order valence-corrected chi connectivity index (χ3v) is 3.36. The van der Waals surface area contributed by atoms with Gasteiger partial charge in [0.2, 0.25) is 0 Å². The summed E-state index contributed by atoms with van der Waals surface area (Å²) < 4.78 is 4.65. The fraction of sp³-hybridized carbons (Fsp3) is 0.556. The number of fused-ring (bicyclic) bond motifs is 1. The number of aliphatic imine (C=N–C) groups is 1. The van der Waals surface area contributed by atoms with Gasteiger partial charge in [0.1, 0.15) is 12.1 Å². The molecule has 1 unspecified atom stereocenters. The highest BCUT2D eigenvalue weighted by atomic mass is 32.2. The van der Waals surface area contributed by atoms with Gasteiger partial charge in [-0.25, -0.2) is 4.99 Å². The summed E-state index contributed by atoms with van der Waals surface area (Å²) in [5, 5.41) is 3.13. The zero-order chi connectivity index (χ0) is 9.97. The Balaban J connectivity index is 2.04. The second-order valence-electron chi connectivity index (χ2n) is 3.28. The van der Waals surface area contributed by atoms with Gasteiger partial charge in [0.05, 0.1) is 20.2 Å². The Bertz CT molecular complexity index is 312. The highest BCUT2D eigenvalue weighted by Crippen LogP contribution is 2.15. The number of hydrogen-bond donors (Lipinski definition) is 1. The monoisotopic (exact) mass is 213 g/mol. The fourth-order valence-corrected chi connectivity index (χ4v) is 2.64. The third-order valence-electron chi connectivity index (χ3n) is 2.36. The first kappa shape index (κ1) is 9.73. The van der Waals surface area contributed by atoms with Crippen molar-refractivity contribution in [2.45, 2.75) is 12.8 Å². The number of ether oxygens (including phenoxy) is 1. The minimum atomic E-state index is -0.170. The van der Waals surface area contributed by atoms with E-state index in [1.807, 2.05) is 5.41 Å². The highest BCUT2D eigenvalue weighted by Gasteiger charge is 2.32. The van der Waals surface area contributed by atoms with E-state index in [-0.39, 0.29) is 5.97 Å². The van der Waals surface area contributed by atoms with Crippen molar-refractivity contribution < 1.29 is 14.4 Å². The van der Waals surface area contributed by atoms with Gasteiger partial charge in [-0.05, 0) is 11.8 Å². The van der Waals surface area contributed by atoms with Gasteiger partial charge >= 0.3 is 5.97 Å². The Kier molecular flexibility index (Phi) is 2.88. The van der Waals surface area contributed by atoms with Crippen molar-refractivity contribution in [3.8, 4) is 0 Å². The minimum Gasteiger partial charge on any atom is -0.469 e. The molecule has 14 heavy (non-hydrogen) atoms. The molecule has 0 fully saturated rings. The first-order valence-corrected chi connectivity index (χ1v) is 5.53. The van der Waals surface area contributed by atoms with Crippen LogP contribution < -0.4 is 4.90 Å². The Morgan fingerprint density at radius 1 is 1.79 bits per heavy atom. The summed E-state index contributed by atoms with van der Waals surface area (Å²) >= 11 is 1.63. The molecule has 0 spiro atoms. The van der Waals surface area contributed by atoms with Crippen LogP contribution in [-0.4, -0.2) is 31.3 Å². The van der Waals surface area contributed by atoms with E-state index in [1.54, 1.807) is 11.8 Å². The van der Waals surface area contributed by atoms with Gasteiger partial charge in [0.25, 0.3) is 5.17 Å². The number of nitrogens with one attached hydrogen (secondary N) is 1. The molecule has 0 saturated heterocycles. The van der Waals surface area contributed by atoms with Gasteiger partial charge in [0.15, 0.2) is 0 Å². The van der Waals surface area contributed by atoms with Crippen molar-refractivity contribution in [2.75, 3.05) is 20.2 Å². The van der Waals surface area contributed by atoms with Gasteiger partial charge in [-0.3, -0.25) is 9.69 Å². The van der Waals surface area contributed by atoms with Crippen LogP contribution in [0.5, 0.6) is 0 Å². The summed E-state index contributed by atoms with van der Waals surface area (Å²) in [6.07, 6.45) is 1.48. The van der Waals surface area contributed by atoms with E-state index in [0.29, 0.717) is 6.42 Å². The lowest BCUT2D eigenvalue weighted by Crippen LogP contribution is -3.11. The van der Waals surface area contributed by atoms with E-state index in [0.717, 1.165) is 30.4 Å². The van der Waals surface area contributed by atoms with Gasteiger partial charge in [-0.2, -0.15) is 0 Å². The number of carbonyl (C=O) groups excluding carboxylic acids is 1. The van der Waals surface area contributed by atoms with Crippen molar-refractivity contribution >= 4 is 22.9 Å². The number of rotatable bonds is 2. The molecule has 4 nitrogen and oxygen atoms in total. The Labute approximate surface area is 87.0 Å². The fourth-order valence-electron chi connectivity index (χ4n) is 1.62. The predicted octanol–water partition coefficient (Wildman–Crippen LogP) is -0.218. The van der Waals surface area contributed by atoms with Crippen LogP contribution in [0.15, 0.2) is 16.1 Å². The molecule has 0 aromatic carbocycles. The maximum atomic E-state index is 11.1. The second kappa shape index (κ2) is 4.14. The first-order valence-electron chi connectivity index (χ1n) is 4.65. The number of methoxy groups -OCH3 is 1. The van der Waals surface area contributed by atoms with Gasteiger partial charge in [0, 0.05) is 11.8 Å². The molecule has 1 atom stereocenters. The lowest BCUT2D eigenvalue weighted by atomic mass is 10.2. The van der Waals surface area contributed by atoms with Crippen LogP contribution in [0.3, 0.4) is 0 Å². The van der Waals surface area contributed by atoms with Gasteiger partial charge in [-0.15, -0.1) is 0 Å². The molecule has 0 aromatic rings. The molecular weight excluding hydrogens is 200 g/mol. The van der Waals surface area contributed by atoms with E-state index < -0.39 is 0 Å². The van der Waals surface area contributed by atoms with E-state index >= 15 is 0 Å². The van der Waals surface area contributed by atoms with Crippen molar-refractivity contribution in [3.05, 3.63) is 11.1 Å². The smallest absolute Gasteiger partial charge is 0.315 e. The van der Waals surface area contributed by atoms with E-state index in [4.69, 9.17) is 0 Å². The quantitative estimate of drug-likeness (QED) is 0.645. The first-order chi connectivity index (χ1) is 6.81. The number of carbonyl (C=O) groups is 1. The molecule has 0 radical (unpaired) electrons. The Morgan fingerprint density at radius 2 is 2.64 bits per heavy atom. The molecule has 0 aliphatic carbocycles. The van der Waals surface area contributed by atoms with Crippen molar-refractivity contribution in [3.63, 3.8) is 0 Å². The molecule has 0 bridgehead atoms. The van der Waals surface area contributed by atoms with Crippen molar-refractivity contribution in [1.29, 1.82) is 0 Å². The summed E-state index contributed by atoms with van der Waals surface area (Å²) in [5.74, 6) is -0.170. The molecule has 0 amide bonds. The van der Waals surface area contributed by atoms with Crippen LogP contribution in [0.25, 0.3) is 0 Å². The SMILES string of the molecule is COC(=O)CC1=CSC2=NCCC[NH+]12. The summed E-state index contributed by atoms with van der Waals surface area (Å²) in [6, 6.07) is 0. The average Bonchev–Trinajstić information content (AvgIpc) is 2.62. The molecule has 76 valence electrons. The number of thioether (sulfide) groups is 1. The molecule has 2 rings (SSSR count). The third kappa shape index (κ3) is 1.83. The molecule has 2 aliphatic rings. The minimum absolute atomic E-state index is 0.170. The van der Waals surface area contributed by atoms with Crippen LogP contribution >= 0.6 is 11.8 Å². The summed E-state index contributed by atoms with van der Waals surface area (Å²) in [7, 11) is 1.42. The Hall–Kier alpha value is -0.810. The average molecular weight is 213 g/mol. The number of hydrogen-bond acceptors (Lipinski definition) is 4. The number of amidine groups is 1. The summed E-state index contributed by atoms with van der Waals surface area (Å²) in [4.78, 5) is 16.8. The van der Waals surface area contributed by atoms with Crippen molar-refractivity contribution in [2.24, 2.45) is 4.99 Å². The van der Waals surface area contributed by atoms with Crippen molar-refractivity contribution in [1.82, 2.24) is 0 Å². The highest BCUT2D eigenvalue weighted by molar-refractivity contribution is 8.16. The van der Waals surface area contributed by atoms with E-state index in [9.17, 15) is 4.79 Å². The van der Waals surface area contributed by atoms with E-state index in [2.05, 4.69) is 9.73 Å². The zero-order valence-corrected chi connectivity index (χ0v) is 8.89. The second-order valence-corrected chi connectivity index (χ2v) is 4.14. The predicted molar refractivity (Wildman–Crippen MR) is 55.1 cm³/mol. The van der Waals surface area contributed by atoms with Crippen LogP contribution in [0.2, 0.25) is 0 Å². The number of esters is 1. The summed E-state index contributed by atoms with van der Waals surface area (Å²) in [6.45, 7) is 1.97. The standard InChI is InChI=1S/C9H12N2O2S/c1-13-8(12)5-7-6-14-9-10-3-2-4-11(7)9/h6H,2-5H2,1H3/p+1. The lowest BCUT2D eigenvalue weighted by Gasteiger charge is -2.18. The van der Waals surface area contributed by atoms with Crippen LogP contribution in [0, 0.1) is 0 Å². The molecule has 1 N–H and O–H groups in total. The lowest BCUT2D eigenvalue weighted by molar-refractivity contribution is -0.760. The van der Waals surface area contributed by atoms with Crippen LogP contribution in [0.1, 0.15) is 12.8 Å². The number of quaternary nitrogens is 1. The molecule has 2 aliphatic heterocycles.